The summed E-state index contributed by atoms with van der Waals surface area (Å²) in [5.41, 5.74) is 6.52. The molecule has 7 atom stereocenters. The predicted octanol–water partition coefficient (Wildman–Crippen LogP) is 2.48. The smallest absolute Gasteiger partial charge is 0.328 e. The van der Waals surface area contributed by atoms with Gasteiger partial charge in [-0.15, -0.1) is 0 Å². The summed E-state index contributed by atoms with van der Waals surface area (Å²) in [6.45, 7) is 2.34. The van der Waals surface area contributed by atoms with Gasteiger partial charge in [0.2, 0.25) is 5.91 Å². The highest BCUT2D eigenvalue weighted by molar-refractivity contribution is 6.06. The largest absolute Gasteiger partial charge is 0.496 e. The SMILES string of the molecule is CCCCC1C(CC(NC(=O)C2C=CC=NC2)C(=O)C(N)C(=O)O)CC[C@H](O)C1c1c(OC)cccc1OC. The van der Waals surface area contributed by atoms with Crippen molar-refractivity contribution in [2.24, 2.45) is 28.5 Å². The average Bonchev–Trinajstić information content (AvgIpc) is 2.95. The second-order valence-electron chi connectivity index (χ2n) is 10.3. The van der Waals surface area contributed by atoms with Crippen LogP contribution in [0.5, 0.6) is 11.5 Å². The maximum Gasteiger partial charge on any atom is 0.328 e. The number of rotatable bonds is 13. The van der Waals surface area contributed by atoms with Crippen molar-refractivity contribution in [2.75, 3.05) is 20.8 Å². The van der Waals surface area contributed by atoms with Crippen LogP contribution in [0, 0.1) is 17.8 Å². The fraction of sp³-hybridized carbons (Fsp3) is 0.586. The first kappa shape index (κ1) is 30.3. The van der Waals surface area contributed by atoms with E-state index in [0.717, 1.165) is 24.8 Å². The number of nitrogens with two attached hydrogens (primary N) is 1. The number of aliphatic carboxylic acids is 1. The van der Waals surface area contributed by atoms with Crippen molar-refractivity contribution in [1.82, 2.24) is 5.32 Å². The van der Waals surface area contributed by atoms with E-state index in [1.165, 1.54) is 0 Å². The van der Waals surface area contributed by atoms with Gasteiger partial charge in [0.25, 0.3) is 0 Å². The summed E-state index contributed by atoms with van der Waals surface area (Å²) in [6.07, 6.45) is 8.20. The zero-order chi connectivity index (χ0) is 28.5. The second kappa shape index (κ2) is 14.2. The number of hydrogen-bond acceptors (Lipinski definition) is 8. The highest BCUT2D eigenvalue weighted by Crippen LogP contribution is 2.50. The van der Waals surface area contributed by atoms with Crippen LogP contribution in [0.4, 0.5) is 0 Å². The van der Waals surface area contributed by atoms with E-state index >= 15 is 0 Å². The van der Waals surface area contributed by atoms with Crippen molar-refractivity contribution in [3.05, 3.63) is 35.9 Å². The first-order chi connectivity index (χ1) is 18.7. The predicted molar refractivity (Wildman–Crippen MR) is 147 cm³/mol. The fourth-order valence-electron chi connectivity index (χ4n) is 5.94. The first-order valence-corrected chi connectivity index (χ1v) is 13.6. The number of unbranched alkanes of at least 4 members (excludes halogenated alkanes) is 1. The maximum absolute atomic E-state index is 13.3. The molecule has 3 rings (SSSR count). The van der Waals surface area contributed by atoms with Gasteiger partial charge in [0.05, 0.1) is 38.8 Å². The topological polar surface area (TPSA) is 161 Å². The Morgan fingerprint density at radius 1 is 1.18 bits per heavy atom. The summed E-state index contributed by atoms with van der Waals surface area (Å²) in [5.74, 6) is -2.44. The lowest BCUT2D eigenvalue weighted by Gasteiger charge is -2.43. The van der Waals surface area contributed by atoms with Gasteiger partial charge in [0.1, 0.15) is 11.5 Å². The number of aliphatic hydroxyl groups is 1. The standard InChI is InChI=1S/C29H41N3O7/c1-4-5-9-19-17(12-13-21(33)24(19)25-22(38-2)10-6-11-23(25)39-3)15-20(27(34)26(30)29(36)37)32-28(35)18-8-7-14-31-16-18/h6-8,10-11,14,17-21,24,26,33H,4-5,9,12-13,15-16,30H2,1-3H3,(H,32,35)(H,36,37)/t17?,18?,19?,20?,21-,24?,26?/m0/s1. The summed E-state index contributed by atoms with van der Waals surface area (Å²) in [6, 6.07) is 2.65. The van der Waals surface area contributed by atoms with Crippen LogP contribution in [0.25, 0.3) is 0 Å². The van der Waals surface area contributed by atoms with Gasteiger partial charge < -0.3 is 30.7 Å². The Bertz CT molecular complexity index is 1050. The number of amides is 1. The Labute approximate surface area is 229 Å². The Morgan fingerprint density at radius 2 is 1.87 bits per heavy atom. The van der Waals surface area contributed by atoms with Crippen LogP contribution in [0.3, 0.4) is 0 Å². The van der Waals surface area contributed by atoms with Gasteiger partial charge in [-0.05, 0) is 55.7 Å². The number of carbonyl (C=O) groups is 3. The molecule has 10 nitrogen and oxygen atoms in total. The van der Waals surface area contributed by atoms with Crippen LogP contribution in [0.2, 0.25) is 0 Å². The Hall–Kier alpha value is -3.24. The summed E-state index contributed by atoms with van der Waals surface area (Å²) >= 11 is 0. The first-order valence-electron chi connectivity index (χ1n) is 13.6. The van der Waals surface area contributed by atoms with Crippen LogP contribution >= 0.6 is 0 Å². The quantitative estimate of drug-likeness (QED) is 0.276. The maximum atomic E-state index is 13.3. The Balaban J connectivity index is 1.97. The number of carbonyl (C=O) groups excluding carboxylic acids is 2. The molecular formula is C29H41N3O7. The van der Waals surface area contributed by atoms with Gasteiger partial charge in [0.15, 0.2) is 11.8 Å². The molecule has 0 spiro atoms. The third kappa shape index (κ3) is 7.24. The van der Waals surface area contributed by atoms with E-state index in [4.69, 9.17) is 15.2 Å². The van der Waals surface area contributed by atoms with Gasteiger partial charge in [-0.25, -0.2) is 0 Å². The van der Waals surface area contributed by atoms with Gasteiger partial charge >= 0.3 is 5.97 Å². The molecule has 0 bridgehead atoms. The van der Waals surface area contributed by atoms with E-state index in [-0.39, 0.29) is 30.7 Å². The Kier molecular flexibility index (Phi) is 11.1. The summed E-state index contributed by atoms with van der Waals surface area (Å²) in [4.78, 5) is 42.0. The molecule has 39 heavy (non-hydrogen) atoms. The number of ether oxygens (including phenoxy) is 2. The molecule has 5 N–H and O–H groups in total. The van der Waals surface area contributed by atoms with E-state index in [9.17, 15) is 24.6 Å². The number of dihydropyridines is 1. The molecule has 0 radical (unpaired) electrons. The molecule has 1 aliphatic heterocycles. The molecule has 2 aliphatic rings. The van der Waals surface area contributed by atoms with E-state index in [0.29, 0.717) is 24.3 Å². The molecule has 1 fully saturated rings. The van der Waals surface area contributed by atoms with E-state index in [2.05, 4.69) is 17.2 Å². The van der Waals surface area contributed by atoms with Gasteiger partial charge in [0, 0.05) is 17.7 Å². The highest BCUT2D eigenvalue weighted by atomic mass is 16.5. The van der Waals surface area contributed by atoms with Crippen LogP contribution in [0.15, 0.2) is 35.3 Å². The summed E-state index contributed by atoms with van der Waals surface area (Å²) in [5, 5.41) is 23.5. The zero-order valence-corrected chi connectivity index (χ0v) is 22.9. The number of hydrogen-bond donors (Lipinski definition) is 4. The molecule has 0 aromatic heterocycles. The lowest BCUT2D eigenvalue weighted by atomic mass is 9.64. The molecule has 1 aromatic carbocycles. The molecule has 1 aromatic rings. The number of Topliss-reactive ketones (excluding diaryl/α,β-unsaturated/α-hetero) is 1. The summed E-state index contributed by atoms with van der Waals surface area (Å²) in [7, 11) is 3.15. The molecule has 1 amide bonds. The number of aliphatic hydroxyl groups excluding tert-OH is 1. The minimum absolute atomic E-state index is 0.0775. The van der Waals surface area contributed by atoms with Crippen molar-refractivity contribution in [3.8, 4) is 11.5 Å². The number of nitrogens with one attached hydrogen (secondary N) is 1. The molecule has 6 unspecified atom stereocenters. The van der Waals surface area contributed by atoms with Gasteiger partial charge in [-0.3, -0.25) is 19.4 Å². The van der Waals surface area contributed by atoms with Crippen molar-refractivity contribution < 1.29 is 34.1 Å². The molecule has 1 aliphatic carbocycles. The lowest BCUT2D eigenvalue weighted by molar-refractivity contribution is -0.144. The Morgan fingerprint density at radius 3 is 2.44 bits per heavy atom. The van der Waals surface area contributed by atoms with Gasteiger partial charge in [-0.2, -0.15) is 0 Å². The van der Waals surface area contributed by atoms with Crippen LogP contribution in [0.1, 0.15) is 56.9 Å². The number of allylic oxidation sites excluding steroid dienone is 1. The van der Waals surface area contributed by atoms with Crippen LogP contribution in [-0.2, 0) is 14.4 Å². The van der Waals surface area contributed by atoms with Crippen LogP contribution in [-0.4, -0.2) is 73.0 Å². The van der Waals surface area contributed by atoms with E-state index in [1.807, 2.05) is 18.2 Å². The van der Waals surface area contributed by atoms with Gasteiger partial charge in [-0.1, -0.05) is 31.9 Å². The number of methoxy groups -OCH3 is 2. The van der Waals surface area contributed by atoms with E-state index in [1.54, 1.807) is 32.6 Å². The lowest BCUT2D eigenvalue weighted by Crippen LogP contribution is -2.54. The minimum atomic E-state index is -1.76. The average molecular weight is 544 g/mol. The van der Waals surface area contributed by atoms with E-state index < -0.39 is 41.8 Å². The summed E-state index contributed by atoms with van der Waals surface area (Å²) < 4.78 is 11.3. The molecule has 10 heteroatoms. The van der Waals surface area contributed by atoms with Crippen molar-refractivity contribution in [3.63, 3.8) is 0 Å². The number of nitrogens with zero attached hydrogens (tertiary/aromatic N) is 1. The monoisotopic (exact) mass is 543 g/mol. The number of benzene rings is 1. The molecule has 1 saturated carbocycles. The third-order valence-corrected chi connectivity index (χ3v) is 7.95. The zero-order valence-electron chi connectivity index (χ0n) is 22.9. The minimum Gasteiger partial charge on any atom is -0.496 e. The van der Waals surface area contributed by atoms with Crippen molar-refractivity contribution >= 4 is 23.9 Å². The molecule has 214 valence electrons. The fourth-order valence-corrected chi connectivity index (χ4v) is 5.94. The molecule has 0 saturated heterocycles. The van der Waals surface area contributed by atoms with Crippen molar-refractivity contribution in [1.29, 1.82) is 0 Å². The number of carboxylic acids is 1. The van der Waals surface area contributed by atoms with Crippen molar-refractivity contribution in [2.45, 2.75) is 69.6 Å². The number of carboxylic acid groups (broad SMARTS) is 1. The highest BCUT2D eigenvalue weighted by Gasteiger charge is 2.44. The molecular weight excluding hydrogens is 502 g/mol. The molecule has 1 heterocycles. The normalized spacial score (nSPS) is 25.9. The van der Waals surface area contributed by atoms with Crippen LogP contribution < -0.4 is 20.5 Å². The second-order valence-corrected chi connectivity index (χ2v) is 10.3. The number of aliphatic imine (C=N–C) groups is 1. The number of ketones is 1. The third-order valence-electron chi connectivity index (χ3n) is 7.95.